The molecular weight excluding hydrogens is 538 g/mol. The highest BCUT2D eigenvalue weighted by Gasteiger charge is 2.40. The van der Waals surface area contributed by atoms with E-state index in [1.54, 1.807) is 41.1 Å². The molecule has 0 unspecified atom stereocenters. The average molecular weight is 568 g/mol. The first-order chi connectivity index (χ1) is 18.6. The first-order valence-corrected chi connectivity index (χ1v) is 14.6. The van der Waals surface area contributed by atoms with Crippen LogP contribution in [0.15, 0.2) is 71.6 Å². The molecule has 10 heteroatoms. The van der Waals surface area contributed by atoms with E-state index in [0.717, 1.165) is 11.1 Å². The average Bonchev–Trinajstić information content (AvgIpc) is 3.44. The zero-order valence-corrected chi connectivity index (χ0v) is 23.5. The number of aromatic nitrogens is 2. The van der Waals surface area contributed by atoms with Crippen LogP contribution in [0.4, 0.5) is 0 Å². The van der Waals surface area contributed by atoms with E-state index in [-0.39, 0.29) is 35.9 Å². The second-order valence-electron chi connectivity index (χ2n) is 10.2. The predicted molar refractivity (Wildman–Crippen MR) is 151 cm³/mol. The van der Waals surface area contributed by atoms with E-state index in [0.29, 0.717) is 33.9 Å². The number of aliphatic carboxylic acids is 1. The number of hydrogen-bond acceptors (Lipinski definition) is 5. The van der Waals surface area contributed by atoms with Crippen LogP contribution in [0.25, 0.3) is 22.0 Å². The Balaban J connectivity index is 1.57. The Labute approximate surface area is 232 Å². The van der Waals surface area contributed by atoms with Crippen LogP contribution in [0.3, 0.4) is 0 Å². The number of nitrogens with zero attached hydrogens (tertiary/aromatic N) is 3. The van der Waals surface area contributed by atoms with Crippen molar-refractivity contribution in [2.75, 3.05) is 13.1 Å². The molecule has 0 spiro atoms. The molecule has 8 nitrogen and oxygen atoms in total. The van der Waals surface area contributed by atoms with E-state index < -0.39 is 16.0 Å². The summed E-state index contributed by atoms with van der Waals surface area (Å²) in [6.07, 6.45) is -0.273. The lowest BCUT2D eigenvalue weighted by Crippen LogP contribution is -2.29. The van der Waals surface area contributed by atoms with Gasteiger partial charge in [0.2, 0.25) is 10.0 Å². The monoisotopic (exact) mass is 567 g/mol. The minimum absolute atomic E-state index is 0.0168. The van der Waals surface area contributed by atoms with Crippen LogP contribution >= 0.6 is 11.6 Å². The van der Waals surface area contributed by atoms with Gasteiger partial charge < -0.3 is 9.84 Å². The SMILES string of the molecule is CC(C)Oc1ccc(S(=O)(=O)N2C[C@@H](C)[C@@H](n3nc(CC(=O)O)c4ccc(Cl)c(-c5ccccc5)c43)C2)cc1. The predicted octanol–water partition coefficient (Wildman–Crippen LogP) is 5.65. The second-order valence-corrected chi connectivity index (χ2v) is 12.5. The Morgan fingerprint density at radius 1 is 1.08 bits per heavy atom. The van der Waals surface area contributed by atoms with E-state index in [2.05, 4.69) is 0 Å². The van der Waals surface area contributed by atoms with E-state index in [9.17, 15) is 18.3 Å². The maximum Gasteiger partial charge on any atom is 0.309 e. The number of hydrogen-bond donors (Lipinski definition) is 1. The van der Waals surface area contributed by atoms with Crippen LogP contribution in [0.2, 0.25) is 5.02 Å². The Kier molecular flexibility index (Phi) is 7.41. The molecule has 1 N–H and O–H groups in total. The van der Waals surface area contributed by atoms with E-state index in [1.807, 2.05) is 51.1 Å². The van der Waals surface area contributed by atoms with Crippen molar-refractivity contribution in [3.05, 3.63) is 77.4 Å². The van der Waals surface area contributed by atoms with Crippen molar-refractivity contribution in [1.29, 1.82) is 0 Å². The standard InChI is InChI=1S/C29H30ClN3O5S/c1-18(2)38-21-9-11-22(12-10-21)39(36,37)32-16-19(3)26(17-32)33-29-23(25(31-33)15-27(34)35)13-14-24(30)28(29)20-7-5-4-6-8-20/h4-14,18-19,26H,15-17H2,1-3H3,(H,34,35)/t19-,26+/m1/s1. The molecule has 3 aromatic carbocycles. The molecule has 0 bridgehead atoms. The van der Waals surface area contributed by atoms with Gasteiger partial charge in [-0.1, -0.05) is 48.9 Å². The van der Waals surface area contributed by atoms with Crippen molar-refractivity contribution < 1.29 is 23.1 Å². The molecule has 1 fully saturated rings. The van der Waals surface area contributed by atoms with Crippen molar-refractivity contribution in [3.63, 3.8) is 0 Å². The molecule has 2 atom stereocenters. The Bertz CT molecular complexity index is 1620. The number of halogens is 1. The summed E-state index contributed by atoms with van der Waals surface area (Å²) < 4.78 is 36.1. The van der Waals surface area contributed by atoms with Gasteiger partial charge in [0.05, 0.1) is 39.7 Å². The Hall–Kier alpha value is -3.40. The van der Waals surface area contributed by atoms with Crippen LogP contribution < -0.4 is 4.74 Å². The fourth-order valence-electron chi connectivity index (χ4n) is 5.20. The van der Waals surface area contributed by atoms with Crippen LogP contribution in [0, 0.1) is 5.92 Å². The summed E-state index contributed by atoms with van der Waals surface area (Å²) in [6.45, 7) is 6.30. The van der Waals surface area contributed by atoms with Gasteiger partial charge in [-0.2, -0.15) is 9.40 Å². The van der Waals surface area contributed by atoms with Gasteiger partial charge >= 0.3 is 5.97 Å². The summed E-state index contributed by atoms with van der Waals surface area (Å²) in [6, 6.07) is 19.3. The fraction of sp³-hybridized carbons (Fsp3) is 0.310. The molecule has 1 aromatic heterocycles. The maximum atomic E-state index is 13.6. The number of carboxylic acids is 1. The summed E-state index contributed by atoms with van der Waals surface area (Å²) in [5.74, 6) is -0.478. The minimum atomic E-state index is -3.78. The van der Waals surface area contributed by atoms with Gasteiger partial charge in [-0.25, -0.2) is 8.42 Å². The lowest BCUT2D eigenvalue weighted by Gasteiger charge is -2.19. The van der Waals surface area contributed by atoms with E-state index in [4.69, 9.17) is 21.4 Å². The third-order valence-corrected chi connectivity index (χ3v) is 9.12. The smallest absolute Gasteiger partial charge is 0.309 e. The van der Waals surface area contributed by atoms with Crippen molar-refractivity contribution in [1.82, 2.24) is 14.1 Å². The number of rotatable bonds is 8. The van der Waals surface area contributed by atoms with E-state index >= 15 is 0 Å². The molecule has 0 amide bonds. The molecule has 0 radical (unpaired) electrons. The number of benzene rings is 3. The zero-order valence-electron chi connectivity index (χ0n) is 21.9. The molecule has 0 aliphatic carbocycles. The number of ether oxygens (including phenoxy) is 1. The molecular formula is C29H30ClN3O5S. The third-order valence-electron chi connectivity index (χ3n) is 6.96. The minimum Gasteiger partial charge on any atom is -0.491 e. The van der Waals surface area contributed by atoms with Crippen LogP contribution in [0.5, 0.6) is 5.75 Å². The molecule has 5 rings (SSSR count). The van der Waals surface area contributed by atoms with Crippen LogP contribution in [0.1, 0.15) is 32.5 Å². The highest BCUT2D eigenvalue weighted by Crippen LogP contribution is 2.41. The second kappa shape index (κ2) is 10.6. The van der Waals surface area contributed by atoms with Gasteiger partial charge in [-0.15, -0.1) is 0 Å². The fourth-order valence-corrected chi connectivity index (χ4v) is 7.02. The normalized spacial score (nSPS) is 18.2. The molecule has 1 saturated heterocycles. The van der Waals surface area contributed by atoms with Gasteiger partial charge in [-0.05, 0) is 61.7 Å². The van der Waals surface area contributed by atoms with Crippen molar-refractivity contribution in [2.24, 2.45) is 5.92 Å². The Morgan fingerprint density at radius 2 is 1.77 bits per heavy atom. The molecule has 4 aromatic rings. The molecule has 1 aliphatic rings. The molecule has 204 valence electrons. The summed E-state index contributed by atoms with van der Waals surface area (Å²) in [5, 5.41) is 15.5. The highest BCUT2D eigenvalue weighted by molar-refractivity contribution is 7.89. The van der Waals surface area contributed by atoms with Gasteiger partial charge in [0, 0.05) is 24.0 Å². The van der Waals surface area contributed by atoms with Gasteiger partial charge in [0.25, 0.3) is 0 Å². The van der Waals surface area contributed by atoms with Crippen molar-refractivity contribution >= 4 is 38.5 Å². The number of carbonyl (C=O) groups is 1. The summed E-state index contributed by atoms with van der Waals surface area (Å²) in [7, 11) is -3.78. The Morgan fingerprint density at radius 3 is 2.41 bits per heavy atom. The maximum absolute atomic E-state index is 13.6. The molecule has 2 heterocycles. The first-order valence-electron chi connectivity index (χ1n) is 12.8. The topological polar surface area (TPSA) is 102 Å². The zero-order chi connectivity index (χ0) is 27.9. The molecule has 1 aliphatic heterocycles. The van der Waals surface area contributed by atoms with E-state index in [1.165, 1.54) is 4.31 Å². The third kappa shape index (κ3) is 5.26. The largest absolute Gasteiger partial charge is 0.491 e. The van der Waals surface area contributed by atoms with Crippen LogP contribution in [-0.4, -0.2) is 52.8 Å². The molecule has 0 saturated carbocycles. The van der Waals surface area contributed by atoms with Crippen LogP contribution in [-0.2, 0) is 21.2 Å². The van der Waals surface area contributed by atoms with Crippen molar-refractivity contribution in [3.8, 4) is 16.9 Å². The van der Waals surface area contributed by atoms with Gasteiger partial charge in [-0.3, -0.25) is 9.48 Å². The van der Waals surface area contributed by atoms with Crippen molar-refractivity contribution in [2.45, 2.75) is 44.2 Å². The molecule has 39 heavy (non-hydrogen) atoms. The van der Waals surface area contributed by atoms with Gasteiger partial charge in [0.1, 0.15) is 5.75 Å². The summed E-state index contributed by atoms with van der Waals surface area (Å²) in [5.41, 5.74) is 2.74. The number of sulfonamides is 1. The highest BCUT2D eigenvalue weighted by atomic mass is 35.5. The number of fused-ring (bicyclic) bond motifs is 1. The lowest BCUT2D eigenvalue weighted by atomic mass is 10.00. The lowest BCUT2D eigenvalue weighted by molar-refractivity contribution is -0.136. The number of carboxylic acid groups (broad SMARTS) is 1. The first kappa shape index (κ1) is 27.2. The quantitative estimate of drug-likeness (QED) is 0.295. The van der Waals surface area contributed by atoms with Gasteiger partial charge in [0.15, 0.2) is 0 Å². The summed E-state index contributed by atoms with van der Waals surface area (Å²) in [4.78, 5) is 11.9. The summed E-state index contributed by atoms with van der Waals surface area (Å²) >= 11 is 6.72.